The van der Waals surface area contributed by atoms with Crippen LogP contribution in [-0.2, 0) is 4.79 Å². The molecule has 1 fully saturated rings. The third-order valence-corrected chi connectivity index (χ3v) is 5.38. The molecule has 3 amide bonds. The first-order chi connectivity index (χ1) is 13.4. The van der Waals surface area contributed by atoms with Crippen molar-refractivity contribution in [1.29, 1.82) is 0 Å². The van der Waals surface area contributed by atoms with E-state index in [1.54, 1.807) is 6.08 Å². The molecule has 2 heterocycles. The van der Waals surface area contributed by atoms with Gasteiger partial charge in [-0.1, -0.05) is 6.07 Å². The molecule has 1 aromatic heterocycles. The summed E-state index contributed by atoms with van der Waals surface area (Å²) in [4.78, 5) is 38.8. The number of nitrogens with one attached hydrogen (secondary N) is 1. The van der Waals surface area contributed by atoms with E-state index in [4.69, 9.17) is 0 Å². The van der Waals surface area contributed by atoms with E-state index >= 15 is 0 Å². The summed E-state index contributed by atoms with van der Waals surface area (Å²) in [5, 5.41) is 4.07. The SMILES string of the molecule is O=C(NCCN1C(=O)SC(=Cc2cccs2)C1=O)c1ccc(OC(F)F)cc1. The lowest BCUT2D eigenvalue weighted by atomic mass is 10.2. The summed E-state index contributed by atoms with van der Waals surface area (Å²) >= 11 is 2.32. The van der Waals surface area contributed by atoms with Crippen LogP contribution in [-0.4, -0.2) is 41.7 Å². The average molecular weight is 424 g/mol. The van der Waals surface area contributed by atoms with Crippen LogP contribution < -0.4 is 10.1 Å². The minimum Gasteiger partial charge on any atom is -0.435 e. The number of nitrogens with zero attached hydrogens (tertiary/aromatic N) is 1. The zero-order valence-electron chi connectivity index (χ0n) is 14.3. The molecular weight excluding hydrogens is 410 g/mol. The predicted molar refractivity (Wildman–Crippen MR) is 102 cm³/mol. The van der Waals surface area contributed by atoms with E-state index in [0.717, 1.165) is 21.5 Å². The number of rotatable bonds is 7. The van der Waals surface area contributed by atoms with E-state index in [-0.39, 0.29) is 24.4 Å². The van der Waals surface area contributed by atoms with Gasteiger partial charge in [0, 0.05) is 23.5 Å². The maximum Gasteiger partial charge on any atom is 0.387 e. The van der Waals surface area contributed by atoms with Crippen LogP contribution >= 0.6 is 23.1 Å². The number of carbonyl (C=O) groups is 3. The fourth-order valence-corrected chi connectivity index (χ4v) is 3.95. The summed E-state index contributed by atoms with van der Waals surface area (Å²) in [6.07, 6.45) is 1.66. The Morgan fingerprint density at radius 1 is 1.21 bits per heavy atom. The molecule has 1 aliphatic rings. The maximum atomic E-state index is 12.3. The molecule has 1 aliphatic heterocycles. The quantitative estimate of drug-likeness (QED) is 0.684. The number of hydrogen-bond acceptors (Lipinski definition) is 6. The number of ether oxygens (including phenoxy) is 1. The molecule has 6 nitrogen and oxygen atoms in total. The van der Waals surface area contributed by atoms with Crippen molar-refractivity contribution in [1.82, 2.24) is 10.2 Å². The zero-order chi connectivity index (χ0) is 20.1. The van der Waals surface area contributed by atoms with Gasteiger partial charge in [0.15, 0.2) is 0 Å². The number of hydrogen-bond donors (Lipinski definition) is 1. The molecule has 1 N–H and O–H groups in total. The van der Waals surface area contributed by atoms with Gasteiger partial charge in [0.2, 0.25) is 0 Å². The number of benzene rings is 1. The first kappa shape index (κ1) is 20.0. The van der Waals surface area contributed by atoms with Gasteiger partial charge in [-0.15, -0.1) is 11.3 Å². The molecule has 0 saturated carbocycles. The molecule has 0 spiro atoms. The first-order valence-corrected chi connectivity index (χ1v) is 9.75. The Labute approximate surface area is 167 Å². The molecule has 0 radical (unpaired) electrons. The Bertz CT molecular complexity index is 899. The Balaban J connectivity index is 1.52. The molecule has 0 aliphatic carbocycles. The molecular formula is C18H14F2N2O4S2. The molecule has 1 aromatic carbocycles. The van der Waals surface area contributed by atoms with E-state index in [1.807, 2.05) is 17.5 Å². The van der Waals surface area contributed by atoms with Gasteiger partial charge < -0.3 is 10.1 Å². The van der Waals surface area contributed by atoms with Crippen LogP contribution in [0.1, 0.15) is 15.2 Å². The van der Waals surface area contributed by atoms with Gasteiger partial charge in [-0.3, -0.25) is 19.3 Å². The van der Waals surface area contributed by atoms with Crippen molar-refractivity contribution in [2.75, 3.05) is 13.1 Å². The van der Waals surface area contributed by atoms with Crippen molar-refractivity contribution in [3.8, 4) is 5.75 Å². The van der Waals surface area contributed by atoms with Gasteiger partial charge in [-0.2, -0.15) is 8.78 Å². The smallest absolute Gasteiger partial charge is 0.387 e. The topological polar surface area (TPSA) is 75.7 Å². The van der Waals surface area contributed by atoms with Gasteiger partial charge in [0.1, 0.15) is 5.75 Å². The number of thioether (sulfide) groups is 1. The van der Waals surface area contributed by atoms with E-state index < -0.39 is 23.7 Å². The second-order valence-corrected chi connectivity index (χ2v) is 7.48. The third kappa shape index (κ3) is 4.96. The van der Waals surface area contributed by atoms with Crippen LogP contribution in [0.4, 0.5) is 13.6 Å². The summed E-state index contributed by atoms with van der Waals surface area (Å²) in [5.41, 5.74) is 0.244. The number of halogens is 2. The molecule has 0 atom stereocenters. The molecule has 28 heavy (non-hydrogen) atoms. The molecule has 3 rings (SSSR count). The van der Waals surface area contributed by atoms with Crippen LogP contribution in [0.3, 0.4) is 0 Å². The highest BCUT2D eigenvalue weighted by Gasteiger charge is 2.34. The lowest BCUT2D eigenvalue weighted by Gasteiger charge is -2.13. The summed E-state index contributed by atoms with van der Waals surface area (Å²) in [6.45, 7) is -2.84. The van der Waals surface area contributed by atoms with Crippen LogP contribution in [0.15, 0.2) is 46.7 Å². The Kier molecular flexibility index (Phi) is 6.42. The standard InChI is InChI=1S/C18H14F2N2O4S2/c19-17(20)26-12-5-3-11(4-6-12)15(23)21-7-8-22-16(24)14(28-18(22)25)10-13-2-1-9-27-13/h1-6,9-10,17H,7-8H2,(H,21,23). The molecule has 1 saturated heterocycles. The number of thiophene rings is 1. The number of alkyl halides is 2. The minimum absolute atomic E-state index is 0.0325. The van der Waals surface area contributed by atoms with Crippen molar-refractivity contribution in [3.63, 3.8) is 0 Å². The normalized spacial score (nSPS) is 15.5. The van der Waals surface area contributed by atoms with Gasteiger partial charge in [0.05, 0.1) is 4.91 Å². The zero-order valence-corrected chi connectivity index (χ0v) is 15.9. The molecule has 2 aromatic rings. The van der Waals surface area contributed by atoms with Crippen LogP contribution in [0.25, 0.3) is 6.08 Å². The van der Waals surface area contributed by atoms with Crippen LogP contribution in [0, 0.1) is 0 Å². The highest BCUT2D eigenvalue weighted by Crippen LogP contribution is 2.32. The van der Waals surface area contributed by atoms with E-state index in [9.17, 15) is 23.2 Å². The fraction of sp³-hybridized carbons (Fsp3) is 0.167. The summed E-state index contributed by atoms with van der Waals surface area (Å²) < 4.78 is 28.5. The lowest BCUT2D eigenvalue weighted by molar-refractivity contribution is -0.122. The Morgan fingerprint density at radius 3 is 2.61 bits per heavy atom. The highest BCUT2D eigenvalue weighted by molar-refractivity contribution is 8.18. The van der Waals surface area contributed by atoms with Gasteiger partial charge >= 0.3 is 6.61 Å². The number of amides is 3. The second kappa shape index (κ2) is 8.98. The fourth-order valence-electron chi connectivity index (χ4n) is 2.37. The molecule has 146 valence electrons. The van der Waals surface area contributed by atoms with Crippen molar-refractivity contribution >= 4 is 46.2 Å². The van der Waals surface area contributed by atoms with E-state index in [0.29, 0.717) is 4.91 Å². The number of carbonyl (C=O) groups excluding carboxylic acids is 3. The van der Waals surface area contributed by atoms with Crippen LogP contribution in [0.2, 0.25) is 0 Å². The van der Waals surface area contributed by atoms with E-state index in [1.165, 1.54) is 35.6 Å². The summed E-state index contributed by atoms with van der Waals surface area (Å²) in [6, 6.07) is 8.90. The van der Waals surface area contributed by atoms with Gasteiger partial charge in [-0.25, -0.2) is 0 Å². The number of imide groups is 1. The first-order valence-electron chi connectivity index (χ1n) is 8.06. The predicted octanol–water partition coefficient (Wildman–Crippen LogP) is 3.82. The van der Waals surface area contributed by atoms with Gasteiger partial charge in [0.25, 0.3) is 17.1 Å². The van der Waals surface area contributed by atoms with Crippen molar-refractivity contribution in [2.45, 2.75) is 6.61 Å². The van der Waals surface area contributed by atoms with Gasteiger partial charge in [-0.05, 0) is 53.5 Å². The van der Waals surface area contributed by atoms with Crippen molar-refractivity contribution in [3.05, 3.63) is 57.1 Å². The Hall–Kier alpha value is -2.72. The monoisotopic (exact) mass is 424 g/mol. The van der Waals surface area contributed by atoms with Crippen molar-refractivity contribution in [2.24, 2.45) is 0 Å². The third-order valence-electron chi connectivity index (χ3n) is 3.65. The molecule has 0 bridgehead atoms. The van der Waals surface area contributed by atoms with E-state index in [2.05, 4.69) is 10.1 Å². The van der Waals surface area contributed by atoms with Crippen molar-refractivity contribution < 1.29 is 27.9 Å². The second-order valence-electron chi connectivity index (χ2n) is 5.51. The minimum atomic E-state index is -2.94. The Morgan fingerprint density at radius 2 is 1.96 bits per heavy atom. The highest BCUT2D eigenvalue weighted by atomic mass is 32.2. The molecule has 10 heteroatoms. The summed E-state index contributed by atoms with van der Waals surface area (Å²) in [7, 11) is 0. The lowest BCUT2D eigenvalue weighted by Crippen LogP contribution is -2.37. The average Bonchev–Trinajstić information content (AvgIpc) is 3.25. The maximum absolute atomic E-state index is 12.3. The van der Waals surface area contributed by atoms with Crippen LogP contribution in [0.5, 0.6) is 5.75 Å². The summed E-state index contributed by atoms with van der Waals surface area (Å²) in [5.74, 6) is -0.905. The largest absolute Gasteiger partial charge is 0.435 e. The molecule has 0 unspecified atom stereocenters.